The highest BCUT2D eigenvalue weighted by molar-refractivity contribution is 8.14. The fraction of sp³-hybridized carbons (Fsp3) is 0.267. The molecular formula is C15H13F3N4OS. The van der Waals surface area contributed by atoms with Gasteiger partial charge < -0.3 is 5.32 Å². The number of aliphatic imine (C=N–C) groups is 1. The highest BCUT2D eigenvalue weighted by Gasteiger charge is 2.41. The van der Waals surface area contributed by atoms with Crippen LogP contribution in [0.15, 0.2) is 35.5 Å². The standard InChI is InChI=1S/C15H13F3N4OS/c1-9-4-2-3-5-11(9)22-12(15(16,17)18)10(8-20-22)13(23)21-14-19-6-7-24-14/h2-5,8H,6-7H2,1H3,(H,19,21,23). The molecule has 1 aliphatic rings. The molecule has 0 saturated heterocycles. The van der Waals surface area contributed by atoms with E-state index >= 15 is 0 Å². The molecule has 3 rings (SSSR count). The van der Waals surface area contributed by atoms with E-state index in [1.807, 2.05) is 0 Å². The van der Waals surface area contributed by atoms with E-state index in [4.69, 9.17) is 0 Å². The second-order valence-corrected chi connectivity index (χ2v) is 6.18. The average Bonchev–Trinajstić information content (AvgIpc) is 3.15. The molecule has 2 heterocycles. The van der Waals surface area contributed by atoms with Crippen LogP contribution in [0.3, 0.4) is 0 Å². The molecule has 1 aromatic carbocycles. The molecule has 0 fully saturated rings. The van der Waals surface area contributed by atoms with Crippen molar-refractivity contribution in [2.75, 3.05) is 12.3 Å². The summed E-state index contributed by atoms with van der Waals surface area (Å²) in [7, 11) is 0. The van der Waals surface area contributed by atoms with E-state index in [2.05, 4.69) is 15.4 Å². The molecule has 5 nitrogen and oxygen atoms in total. The fourth-order valence-corrected chi connectivity index (χ4v) is 3.07. The first kappa shape index (κ1) is 16.6. The molecule has 1 N–H and O–H groups in total. The molecule has 1 amide bonds. The van der Waals surface area contributed by atoms with Crippen LogP contribution in [0.25, 0.3) is 5.69 Å². The Bertz CT molecular complexity index is 813. The van der Waals surface area contributed by atoms with Crippen LogP contribution < -0.4 is 5.32 Å². The first-order valence-electron chi connectivity index (χ1n) is 7.08. The molecule has 0 bridgehead atoms. The Labute approximate surface area is 140 Å². The molecule has 0 atom stereocenters. The van der Waals surface area contributed by atoms with E-state index in [1.165, 1.54) is 17.8 Å². The first-order chi connectivity index (χ1) is 11.4. The predicted octanol–water partition coefficient (Wildman–Crippen LogP) is 3.03. The molecule has 0 unspecified atom stereocenters. The monoisotopic (exact) mass is 354 g/mol. The van der Waals surface area contributed by atoms with Crippen LogP contribution in [0.2, 0.25) is 0 Å². The van der Waals surface area contributed by atoms with Gasteiger partial charge in [-0.15, -0.1) is 0 Å². The van der Waals surface area contributed by atoms with E-state index in [9.17, 15) is 18.0 Å². The Morgan fingerprint density at radius 2 is 2.08 bits per heavy atom. The van der Waals surface area contributed by atoms with Crippen molar-refractivity contribution in [2.24, 2.45) is 4.99 Å². The number of nitrogens with zero attached hydrogens (tertiary/aromatic N) is 3. The lowest BCUT2D eigenvalue weighted by atomic mass is 10.2. The summed E-state index contributed by atoms with van der Waals surface area (Å²) in [4.78, 5) is 16.3. The number of benzene rings is 1. The molecule has 0 saturated carbocycles. The fourth-order valence-electron chi connectivity index (χ4n) is 2.35. The number of aromatic nitrogens is 2. The molecule has 0 radical (unpaired) electrons. The van der Waals surface area contributed by atoms with Crippen molar-refractivity contribution >= 4 is 22.8 Å². The number of hydrogen-bond donors (Lipinski definition) is 1. The minimum absolute atomic E-state index is 0.274. The molecule has 0 spiro atoms. The van der Waals surface area contributed by atoms with Gasteiger partial charge in [-0.3, -0.25) is 9.79 Å². The number of hydrogen-bond acceptors (Lipinski definition) is 4. The maximum Gasteiger partial charge on any atom is 0.434 e. The van der Waals surface area contributed by atoms with Crippen LogP contribution in [0.5, 0.6) is 0 Å². The summed E-state index contributed by atoms with van der Waals surface area (Å²) in [6, 6.07) is 6.55. The predicted molar refractivity (Wildman–Crippen MR) is 85.5 cm³/mol. The number of amidine groups is 1. The molecule has 0 aliphatic carbocycles. The number of nitrogens with one attached hydrogen (secondary N) is 1. The number of amides is 1. The largest absolute Gasteiger partial charge is 0.434 e. The van der Waals surface area contributed by atoms with Crippen molar-refractivity contribution in [1.29, 1.82) is 0 Å². The SMILES string of the molecule is Cc1ccccc1-n1ncc(C(=O)NC2=NCCS2)c1C(F)(F)F. The quantitative estimate of drug-likeness (QED) is 0.902. The molecular weight excluding hydrogens is 341 g/mol. The normalized spacial score (nSPS) is 14.6. The maximum atomic E-state index is 13.6. The van der Waals surface area contributed by atoms with E-state index in [-0.39, 0.29) is 5.69 Å². The van der Waals surface area contributed by atoms with Crippen molar-refractivity contribution in [3.63, 3.8) is 0 Å². The van der Waals surface area contributed by atoms with Gasteiger partial charge in [-0.2, -0.15) is 18.3 Å². The van der Waals surface area contributed by atoms with Crippen LogP contribution in [0.1, 0.15) is 21.6 Å². The summed E-state index contributed by atoms with van der Waals surface area (Å²) >= 11 is 1.29. The number of carbonyl (C=O) groups excluding carboxylic acids is 1. The zero-order chi connectivity index (χ0) is 17.3. The van der Waals surface area contributed by atoms with E-state index in [0.29, 0.717) is 23.0 Å². The van der Waals surface area contributed by atoms with Crippen LogP contribution in [-0.2, 0) is 6.18 Å². The summed E-state index contributed by atoms with van der Waals surface area (Å²) in [5, 5.41) is 6.54. The smallest absolute Gasteiger partial charge is 0.301 e. The van der Waals surface area contributed by atoms with Gasteiger partial charge in [-0.25, -0.2) is 4.68 Å². The number of alkyl halides is 3. The number of halogens is 3. The Balaban J connectivity index is 2.05. The third-order valence-electron chi connectivity index (χ3n) is 3.43. The van der Waals surface area contributed by atoms with E-state index in [1.54, 1.807) is 25.1 Å². The Morgan fingerprint density at radius 1 is 1.33 bits per heavy atom. The van der Waals surface area contributed by atoms with Gasteiger partial charge in [0.1, 0.15) is 0 Å². The lowest BCUT2D eigenvalue weighted by Crippen LogP contribution is -2.29. The molecule has 1 aliphatic heterocycles. The third kappa shape index (κ3) is 3.16. The summed E-state index contributed by atoms with van der Waals surface area (Å²) in [6.45, 7) is 2.22. The average molecular weight is 354 g/mol. The Hall–Kier alpha value is -2.29. The lowest BCUT2D eigenvalue weighted by Gasteiger charge is -2.14. The highest BCUT2D eigenvalue weighted by Crippen LogP contribution is 2.34. The van der Waals surface area contributed by atoms with Crippen LogP contribution in [0.4, 0.5) is 13.2 Å². The second-order valence-electron chi connectivity index (χ2n) is 5.09. The molecule has 2 aromatic rings. The highest BCUT2D eigenvalue weighted by atomic mass is 32.2. The first-order valence-corrected chi connectivity index (χ1v) is 8.06. The Morgan fingerprint density at radius 3 is 2.71 bits per heavy atom. The number of thioether (sulfide) groups is 1. The lowest BCUT2D eigenvalue weighted by molar-refractivity contribution is -0.143. The van der Waals surface area contributed by atoms with Gasteiger partial charge >= 0.3 is 6.18 Å². The number of carbonyl (C=O) groups is 1. The van der Waals surface area contributed by atoms with E-state index < -0.39 is 23.3 Å². The van der Waals surface area contributed by atoms with Gasteiger partial charge in [0.05, 0.1) is 24.0 Å². The third-order valence-corrected chi connectivity index (χ3v) is 4.32. The zero-order valence-electron chi connectivity index (χ0n) is 12.6. The summed E-state index contributed by atoms with van der Waals surface area (Å²) < 4.78 is 41.4. The summed E-state index contributed by atoms with van der Waals surface area (Å²) in [5.74, 6) is -0.167. The minimum Gasteiger partial charge on any atom is -0.301 e. The topological polar surface area (TPSA) is 59.3 Å². The number of rotatable bonds is 2. The van der Waals surface area contributed by atoms with Gasteiger partial charge in [0.2, 0.25) is 0 Å². The van der Waals surface area contributed by atoms with Gasteiger partial charge in [0.25, 0.3) is 5.91 Å². The van der Waals surface area contributed by atoms with Crippen LogP contribution in [0, 0.1) is 6.92 Å². The number of para-hydroxylation sites is 1. The van der Waals surface area contributed by atoms with Crippen molar-refractivity contribution in [3.8, 4) is 5.69 Å². The minimum atomic E-state index is -4.73. The number of aryl methyl sites for hydroxylation is 1. The maximum absolute atomic E-state index is 13.6. The summed E-state index contributed by atoms with van der Waals surface area (Å²) in [6.07, 6.45) is -3.79. The van der Waals surface area contributed by atoms with Gasteiger partial charge in [0.15, 0.2) is 10.9 Å². The van der Waals surface area contributed by atoms with Gasteiger partial charge in [0, 0.05) is 5.75 Å². The van der Waals surface area contributed by atoms with Crippen LogP contribution >= 0.6 is 11.8 Å². The molecule has 9 heteroatoms. The van der Waals surface area contributed by atoms with E-state index in [0.717, 1.165) is 10.9 Å². The zero-order valence-corrected chi connectivity index (χ0v) is 13.4. The van der Waals surface area contributed by atoms with Crippen molar-refractivity contribution < 1.29 is 18.0 Å². The van der Waals surface area contributed by atoms with Crippen molar-refractivity contribution in [1.82, 2.24) is 15.1 Å². The molecule has 1 aromatic heterocycles. The summed E-state index contributed by atoms with van der Waals surface area (Å²) in [5.41, 5.74) is -0.732. The van der Waals surface area contributed by atoms with Gasteiger partial charge in [-0.1, -0.05) is 30.0 Å². The molecule has 126 valence electrons. The Kier molecular flexibility index (Phi) is 4.35. The van der Waals surface area contributed by atoms with Gasteiger partial charge in [-0.05, 0) is 18.6 Å². The van der Waals surface area contributed by atoms with Crippen LogP contribution in [-0.4, -0.2) is 33.2 Å². The van der Waals surface area contributed by atoms with Crippen molar-refractivity contribution in [2.45, 2.75) is 13.1 Å². The molecule has 24 heavy (non-hydrogen) atoms. The van der Waals surface area contributed by atoms with Crippen molar-refractivity contribution in [3.05, 3.63) is 47.3 Å². The second kappa shape index (κ2) is 6.31.